The molecule has 1 heterocycles. The van der Waals surface area contributed by atoms with E-state index >= 15 is 0 Å². The molecule has 1 saturated heterocycles. The molecule has 0 saturated carbocycles. The van der Waals surface area contributed by atoms with Crippen LogP contribution in [0.2, 0.25) is 0 Å². The highest BCUT2D eigenvalue weighted by Crippen LogP contribution is 2.29. The Labute approximate surface area is 169 Å². The van der Waals surface area contributed by atoms with Gasteiger partial charge >= 0.3 is 0 Å². The van der Waals surface area contributed by atoms with Crippen molar-refractivity contribution in [2.75, 3.05) is 44.4 Å². The van der Waals surface area contributed by atoms with Gasteiger partial charge < -0.3 is 14.4 Å². The molecule has 0 aromatic heterocycles. The van der Waals surface area contributed by atoms with Gasteiger partial charge in [-0.3, -0.25) is 9.52 Å². The van der Waals surface area contributed by atoms with Gasteiger partial charge in [-0.05, 0) is 36.6 Å². The van der Waals surface area contributed by atoms with Crippen LogP contribution >= 0.6 is 11.8 Å². The average Bonchev–Trinajstić information content (AvgIpc) is 2.73. The Hall–Kier alpha value is -2.23. The molecular weight excluding hydrogens is 400 g/mol. The molecule has 2 aromatic carbocycles. The maximum atomic E-state index is 12.9. The summed E-state index contributed by atoms with van der Waals surface area (Å²) in [5, 5.41) is 0. The summed E-state index contributed by atoms with van der Waals surface area (Å²) in [4.78, 5) is 15.3. The number of rotatable bonds is 6. The van der Waals surface area contributed by atoms with E-state index in [9.17, 15) is 13.2 Å². The molecule has 150 valence electrons. The Bertz CT molecular complexity index is 957. The van der Waals surface area contributed by atoms with E-state index in [4.69, 9.17) is 9.47 Å². The van der Waals surface area contributed by atoms with Crippen LogP contribution in [0.4, 0.5) is 5.69 Å². The first-order valence-electron chi connectivity index (χ1n) is 8.67. The molecule has 28 heavy (non-hydrogen) atoms. The molecule has 3 rings (SSSR count). The standard InChI is InChI=1S/C19H22N2O5S2/c1-25-17-8-7-14(13-15(17)19(22)21-9-11-26-12-10-21)28(23,24)20-16-5-3-4-6-18(16)27-2/h3-8,13,20H,9-12H2,1-2H3. The van der Waals surface area contributed by atoms with Crippen molar-refractivity contribution >= 4 is 33.4 Å². The summed E-state index contributed by atoms with van der Waals surface area (Å²) in [7, 11) is -2.42. The summed E-state index contributed by atoms with van der Waals surface area (Å²) in [6, 6.07) is 11.4. The van der Waals surface area contributed by atoms with Crippen molar-refractivity contribution in [1.82, 2.24) is 4.90 Å². The van der Waals surface area contributed by atoms with E-state index in [-0.39, 0.29) is 16.4 Å². The highest BCUT2D eigenvalue weighted by Gasteiger charge is 2.25. The lowest BCUT2D eigenvalue weighted by Gasteiger charge is -2.27. The second kappa shape index (κ2) is 8.85. The zero-order chi connectivity index (χ0) is 20.1. The van der Waals surface area contributed by atoms with Crippen molar-refractivity contribution in [3.8, 4) is 5.75 Å². The molecule has 0 atom stereocenters. The van der Waals surface area contributed by atoms with Crippen LogP contribution < -0.4 is 9.46 Å². The van der Waals surface area contributed by atoms with E-state index < -0.39 is 10.0 Å². The summed E-state index contributed by atoms with van der Waals surface area (Å²) in [6.45, 7) is 1.83. The topological polar surface area (TPSA) is 84.9 Å². The Morgan fingerprint density at radius 1 is 1.18 bits per heavy atom. The van der Waals surface area contributed by atoms with E-state index in [0.717, 1.165) is 4.90 Å². The van der Waals surface area contributed by atoms with Crippen LogP contribution in [-0.4, -0.2) is 58.9 Å². The van der Waals surface area contributed by atoms with Gasteiger partial charge in [0.25, 0.3) is 15.9 Å². The summed E-state index contributed by atoms with van der Waals surface area (Å²) in [5.41, 5.74) is 0.706. The first kappa shape index (κ1) is 20.5. The van der Waals surface area contributed by atoms with Crippen LogP contribution in [0.3, 0.4) is 0 Å². The molecule has 1 amide bonds. The first-order chi connectivity index (χ1) is 13.5. The van der Waals surface area contributed by atoms with Crippen molar-refractivity contribution in [1.29, 1.82) is 0 Å². The maximum absolute atomic E-state index is 12.9. The second-order valence-electron chi connectivity index (χ2n) is 6.07. The van der Waals surface area contributed by atoms with Gasteiger partial charge in [0, 0.05) is 18.0 Å². The van der Waals surface area contributed by atoms with Gasteiger partial charge in [-0.15, -0.1) is 11.8 Å². The number of ether oxygens (including phenoxy) is 2. The summed E-state index contributed by atoms with van der Waals surface area (Å²) in [5.74, 6) is 0.0571. The minimum absolute atomic E-state index is 0.000755. The van der Waals surface area contributed by atoms with E-state index in [1.54, 1.807) is 17.0 Å². The first-order valence-corrected chi connectivity index (χ1v) is 11.4. The molecule has 1 N–H and O–H groups in total. The number of carbonyl (C=O) groups excluding carboxylic acids is 1. The summed E-state index contributed by atoms with van der Waals surface area (Å²) >= 11 is 1.44. The van der Waals surface area contributed by atoms with E-state index in [0.29, 0.717) is 37.7 Å². The lowest BCUT2D eigenvalue weighted by Crippen LogP contribution is -2.40. The molecule has 7 nitrogen and oxygen atoms in total. The third-order valence-corrected chi connectivity index (χ3v) is 6.52. The summed E-state index contributed by atoms with van der Waals surface area (Å²) in [6.07, 6.45) is 1.87. The fourth-order valence-electron chi connectivity index (χ4n) is 2.89. The molecular formula is C19H22N2O5S2. The Kier molecular flexibility index (Phi) is 6.48. The number of para-hydroxylation sites is 1. The molecule has 0 aliphatic carbocycles. The molecule has 2 aromatic rings. The van der Waals surface area contributed by atoms with Crippen LogP contribution in [-0.2, 0) is 14.8 Å². The van der Waals surface area contributed by atoms with Gasteiger partial charge in [0.15, 0.2) is 0 Å². The number of sulfonamides is 1. The Morgan fingerprint density at radius 3 is 2.57 bits per heavy atom. The fraction of sp³-hybridized carbons (Fsp3) is 0.316. The predicted molar refractivity (Wildman–Crippen MR) is 109 cm³/mol. The number of amides is 1. The van der Waals surface area contributed by atoms with Gasteiger partial charge in [-0.1, -0.05) is 12.1 Å². The zero-order valence-corrected chi connectivity index (χ0v) is 17.3. The number of nitrogens with one attached hydrogen (secondary N) is 1. The Balaban J connectivity index is 1.94. The predicted octanol–water partition coefficient (Wildman–Crippen LogP) is 2.69. The molecule has 9 heteroatoms. The van der Waals surface area contributed by atoms with Crippen molar-refractivity contribution in [3.63, 3.8) is 0 Å². The van der Waals surface area contributed by atoms with Crippen LogP contribution in [0.5, 0.6) is 5.75 Å². The van der Waals surface area contributed by atoms with Crippen molar-refractivity contribution in [2.45, 2.75) is 9.79 Å². The van der Waals surface area contributed by atoms with E-state index in [1.807, 2.05) is 18.4 Å². The number of hydrogen-bond donors (Lipinski definition) is 1. The zero-order valence-electron chi connectivity index (χ0n) is 15.7. The summed E-state index contributed by atoms with van der Waals surface area (Å²) < 4.78 is 39.0. The van der Waals surface area contributed by atoms with Gasteiger partial charge in [0.1, 0.15) is 5.75 Å². The monoisotopic (exact) mass is 422 g/mol. The highest BCUT2D eigenvalue weighted by molar-refractivity contribution is 7.99. The SMILES string of the molecule is COc1ccc(S(=O)(=O)Nc2ccccc2SC)cc1C(=O)N1CCOCC1. The highest BCUT2D eigenvalue weighted by atomic mass is 32.2. The van der Waals surface area contributed by atoms with Crippen LogP contribution in [0.25, 0.3) is 0 Å². The quantitative estimate of drug-likeness (QED) is 0.721. The molecule has 0 radical (unpaired) electrons. The number of anilines is 1. The minimum Gasteiger partial charge on any atom is -0.496 e. The maximum Gasteiger partial charge on any atom is 0.261 e. The lowest BCUT2D eigenvalue weighted by molar-refractivity contribution is 0.0300. The van der Waals surface area contributed by atoms with Crippen molar-refractivity contribution in [2.24, 2.45) is 0 Å². The van der Waals surface area contributed by atoms with Crippen molar-refractivity contribution in [3.05, 3.63) is 48.0 Å². The molecule has 0 spiro atoms. The molecule has 1 aliphatic rings. The van der Waals surface area contributed by atoms with Crippen molar-refractivity contribution < 1.29 is 22.7 Å². The number of hydrogen-bond acceptors (Lipinski definition) is 6. The number of nitrogens with zero attached hydrogens (tertiary/aromatic N) is 1. The number of morpholine rings is 1. The number of carbonyl (C=O) groups is 1. The molecule has 1 fully saturated rings. The van der Waals surface area contributed by atoms with Gasteiger partial charge in [-0.2, -0.15) is 0 Å². The molecule has 0 unspecified atom stereocenters. The third-order valence-electron chi connectivity index (χ3n) is 4.36. The lowest BCUT2D eigenvalue weighted by atomic mass is 10.1. The number of thioether (sulfide) groups is 1. The second-order valence-corrected chi connectivity index (χ2v) is 8.60. The Morgan fingerprint density at radius 2 is 1.89 bits per heavy atom. The van der Waals surface area contributed by atoms with Crippen LogP contribution in [0.15, 0.2) is 52.3 Å². The molecule has 1 aliphatic heterocycles. The number of methoxy groups -OCH3 is 1. The van der Waals surface area contributed by atoms with E-state index in [2.05, 4.69) is 4.72 Å². The largest absolute Gasteiger partial charge is 0.496 e. The smallest absolute Gasteiger partial charge is 0.261 e. The minimum atomic E-state index is -3.87. The van der Waals surface area contributed by atoms with Gasteiger partial charge in [0.05, 0.1) is 36.5 Å². The van der Waals surface area contributed by atoms with Crippen LogP contribution in [0.1, 0.15) is 10.4 Å². The molecule has 0 bridgehead atoms. The fourth-order valence-corrected chi connectivity index (χ4v) is 4.61. The number of benzene rings is 2. The average molecular weight is 423 g/mol. The van der Waals surface area contributed by atoms with Crippen LogP contribution in [0, 0.1) is 0 Å². The van der Waals surface area contributed by atoms with Gasteiger partial charge in [-0.25, -0.2) is 8.42 Å². The normalized spacial score (nSPS) is 14.6. The van der Waals surface area contributed by atoms with E-state index in [1.165, 1.54) is 37.1 Å². The third kappa shape index (κ3) is 4.43. The van der Waals surface area contributed by atoms with Gasteiger partial charge in [0.2, 0.25) is 0 Å².